The summed E-state index contributed by atoms with van der Waals surface area (Å²) < 4.78 is 0. The Labute approximate surface area is 109 Å². The lowest BCUT2D eigenvalue weighted by molar-refractivity contribution is -0.119. The van der Waals surface area contributed by atoms with Gasteiger partial charge in [-0.3, -0.25) is 4.79 Å². The number of anilines is 1. The van der Waals surface area contributed by atoms with Gasteiger partial charge in [0, 0.05) is 23.4 Å². The van der Waals surface area contributed by atoms with Gasteiger partial charge in [-0.1, -0.05) is 13.0 Å². The van der Waals surface area contributed by atoms with E-state index in [4.69, 9.17) is 0 Å². The summed E-state index contributed by atoms with van der Waals surface area (Å²) in [4.78, 5) is 12.0. The second kappa shape index (κ2) is 5.38. The Bertz CT molecular complexity index is 468. The van der Waals surface area contributed by atoms with Crippen LogP contribution >= 0.6 is 0 Å². The quantitative estimate of drug-likeness (QED) is 0.796. The summed E-state index contributed by atoms with van der Waals surface area (Å²) in [6.07, 6.45) is 4.94. The van der Waals surface area contributed by atoms with Crippen molar-refractivity contribution >= 4 is 11.5 Å². The molecule has 2 rings (SSSR count). The van der Waals surface area contributed by atoms with Crippen molar-refractivity contribution < 1.29 is 4.79 Å². The molecule has 0 radical (unpaired) electrons. The van der Waals surface area contributed by atoms with Gasteiger partial charge in [0.05, 0.1) is 0 Å². The summed E-state index contributed by atoms with van der Waals surface area (Å²) in [6.45, 7) is 6.18. The van der Waals surface area contributed by atoms with Crippen molar-refractivity contribution in [3.8, 4) is 0 Å². The number of ketones is 1. The number of benzene rings is 1. The maximum Gasteiger partial charge on any atom is 0.163 e. The first-order valence-electron chi connectivity index (χ1n) is 6.64. The predicted octanol–water partition coefficient (Wildman–Crippen LogP) is 3.99. The third-order valence-electron chi connectivity index (χ3n) is 3.48. The molecule has 1 N–H and O–H groups in total. The Hall–Kier alpha value is -1.57. The molecule has 1 aliphatic rings. The fraction of sp³-hybridized carbons (Fsp3) is 0.438. The molecule has 1 aliphatic carbocycles. The highest BCUT2D eigenvalue weighted by Crippen LogP contribution is 2.25. The molecule has 18 heavy (non-hydrogen) atoms. The van der Waals surface area contributed by atoms with Crippen LogP contribution in [0.25, 0.3) is 0 Å². The Balaban J connectivity index is 2.12. The molecule has 1 saturated carbocycles. The summed E-state index contributed by atoms with van der Waals surface area (Å²) in [7, 11) is 0. The van der Waals surface area contributed by atoms with E-state index in [0.717, 1.165) is 30.5 Å². The predicted molar refractivity (Wildman–Crippen MR) is 75.6 cm³/mol. The second-order valence-electron chi connectivity index (χ2n) is 5.35. The zero-order valence-corrected chi connectivity index (χ0v) is 11.4. The molecule has 0 bridgehead atoms. The SMILES string of the molecule is Cc1cc(C)cc(N/C=C2/CCC[C@H](C)C2=O)c1. The minimum atomic E-state index is 0.186. The third kappa shape index (κ3) is 3.00. The van der Waals surface area contributed by atoms with Crippen molar-refractivity contribution in [2.75, 3.05) is 5.32 Å². The molecule has 1 fully saturated rings. The molecule has 0 unspecified atom stereocenters. The van der Waals surface area contributed by atoms with Crippen LogP contribution in [0, 0.1) is 19.8 Å². The van der Waals surface area contributed by atoms with Crippen molar-refractivity contribution in [3.63, 3.8) is 0 Å². The zero-order valence-electron chi connectivity index (χ0n) is 11.4. The molecule has 2 heteroatoms. The van der Waals surface area contributed by atoms with Crippen LogP contribution < -0.4 is 5.32 Å². The summed E-state index contributed by atoms with van der Waals surface area (Å²) in [5.41, 5.74) is 4.47. The summed E-state index contributed by atoms with van der Waals surface area (Å²) >= 11 is 0. The number of Topliss-reactive ketones (excluding diaryl/α,β-unsaturated/α-hetero) is 1. The topological polar surface area (TPSA) is 29.1 Å². The van der Waals surface area contributed by atoms with E-state index in [1.165, 1.54) is 11.1 Å². The second-order valence-corrected chi connectivity index (χ2v) is 5.35. The van der Waals surface area contributed by atoms with Crippen molar-refractivity contribution in [1.82, 2.24) is 0 Å². The smallest absolute Gasteiger partial charge is 0.163 e. The minimum Gasteiger partial charge on any atom is -0.361 e. The normalized spacial score (nSPS) is 22.3. The van der Waals surface area contributed by atoms with Gasteiger partial charge in [0.1, 0.15) is 0 Å². The number of aryl methyl sites for hydroxylation is 2. The lowest BCUT2D eigenvalue weighted by Gasteiger charge is -2.19. The van der Waals surface area contributed by atoms with Gasteiger partial charge in [0.15, 0.2) is 5.78 Å². The van der Waals surface area contributed by atoms with Gasteiger partial charge in [-0.05, 0) is 56.4 Å². The standard InChI is InChI=1S/C16H21NO/c1-11-7-12(2)9-15(8-11)17-10-14-6-4-5-13(3)16(14)18/h7-10,13,17H,4-6H2,1-3H3/b14-10-/t13-/m0/s1. The van der Waals surface area contributed by atoms with Crippen LogP contribution in [-0.4, -0.2) is 5.78 Å². The van der Waals surface area contributed by atoms with Crippen LogP contribution in [-0.2, 0) is 4.79 Å². The lowest BCUT2D eigenvalue weighted by atomic mass is 9.86. The lowest BCUT2D eigenvalue weighted by Crippen LogP contribution is -2.19. The number of carbonyl (C=O) groups is 1. The zero-order chi connectivity index (χ0) is 13.1. The Kier molecular flexibility index (Phi) is 3.85. The van der Waals surface area contributed by atoms with Crippen LogP contribution in [0.4, 0.5) is 5.69 Å². The molecule has 1 aromatic rings. The molecular formula is C16H21NO. The van der Waals surface area contributed by atoms with E-state index in [0.29, 0.717) is 5.78 Å². The summed E-state index contributed by atoms with van der Waals surface area (Å²) in [6, 6.07) is 6.34. The van der Waals surface area contributed by atoms with Crippen LogP contribution in [0.15, 0.2) is 30.0 Å². The van der Waals surface area contributed by atoms with E-state index < -0.39 is 0 Å². The third-order valence-corrected chi connectivity index (χ3v) is 3.48. The van der Waals surface area contributed by atoms with E-state index in [1.807, 2.05) is 13.1 Å². The van der Waals surface area contributed by atoms with Gasteiger partial charge < -0.3 is 5.32 Å². The van der Waals surface area contributed by atoms with E-state index >= 15 is 0 Å². The summed E-state index contributed by atoms with van der Waals surface area (Å²) in [5, 5.41) is 3.26. The van der Waals surface area contributed by atoms with Gasteiger partial charge in [0.25, 0.3) is 0 Å². The fourth-order valence-corrected chi connectivity index (χ4v) is 2.54. The highest BCUT2D eigenvalue weighted by molar-refractivity contribution is 5.97. The molecule has 0 aromatic heterocycles. The monoisotopic (exact) mass is 243 g/mol. The molecular weight excluding hydrogens is 222 g/mol. The highest BCUT2D eigenvalue weighted by atomic mass is 16.1. The van der Waals surface area contributed by atoms with Crippen LogP contribution in [0.1, 0.15) is 37.3 Å². The average molecular weight is 243 g/mol. The number of rotatable bonds is 2. The first kappa shape index (κ1) is 12.9. The van der Waals surface area contributed by atoms with Crippen molar-refractivity contribution in [2.45, 2.75) is 40.0 Å². The molecule has 1 atom stereocenters. The summed E-state index contributed by atoms with van der Waals surface area (Å²) in [5.74, 6) is 0.490. The number of hydrogen-bond acceptors (Lipinski definition) is 2. The van der Waals surface area contributed by atoms with Crippen LogP contribution in [0.3, 0.4) is 0 Å². The van der Waals surface area contributed by atoms with E-state index in [-0.39, 0.29) is 5.92 Å². The van der Waals surface area contributed by atoms with E-state index in [1.54, 1.807) is 0 Å². The number of hydrogen-bond donors (Lipinski definition) is 1. The minimum absolute atomic E-state index is 0.186. The van der Waals surface area contributed by atoms with Gasteiger partial charge in [0.2, 0.25) is 0 Å². The Morgan fingerprint density at radius 2 is 1.89 bits per heavy atom. The largest absolute Gasteiger partial charge is 0.361 e. The number of nitrogens with one attached hydrogen (secondary N) is 1. The van der Waals surface area contributed by atoms with E-state index in [2.05, 4.69) is 37.4 Å². The number of allylic oxidation sites excluding steroid dienone is 1. The first-order valence-corrected chi connectivity index (χ1v) is 6.64. The first-order chi connectivity index (χ1) is 8.56. The van der Waals surface area contributed by atoms with Crippen LogP contribution in [0.5, 0.6) is 0 Å². The van der Waals surface area contributed by atoms with Gasteiger partial charge in [-0.25, -0.2) is 0 Å². The molecule has 96 valence electrons. The molecule has 0 spiro atoms. The molecule has 1 aromatic carbocycles. The van der Waals surface area contributed by atoms with Gasteiger partial charge >= 0.3 is 0 Å². The maximum atomic E-state index is 12.0. The average Bonchev–Trinajstić information content (AvgIpc) is 2.30. The molecule has 0 heterocycles. The Morgan fingerprint density at radius 1 is 1.22 bits per heavy atom. The molecule has 0 saturated heterocycles. The van der Waals surface area contributed by atoms with Crippen molar-refractivity contribution in [3.05, 3.63) is 41.1 Å². The van der Waals surface area contributed by atoms with Crippen molar-refractivity contribution in [2.24, 2.45) is 5.92 Å². The maximum absolute atomic E-state index is 12.0. The van der Waals surface area contributed by atoms with Gasteiger partial charge in [-0.15, -0.1) is 0 Å². The Morgan fingerprint density at radius 3 is 2.56 bits per heavy atom. The molecule has 0 aliphatic heterocycles. The van der Waals surface area contributed by atoms with Gasteiger partial charge in [-0.2, -0.15) is 0 Å². The highest BCUT2D eigenvalue weighted by Gasteiger charge is 2.22. The molecule has 2 nitrogen and oxygen atoms in total. The van der Waals surface area contributed by atoms with E-state index in [9.17, 15) is 4.79 Å². The fourth-order valence-electron chi connectivity index (χ4n) is 2.54. The number of carbonyl (C=O) groups excluding carboxylic acids is 1. The van der Waals surface area contributed by atoms with Crippen molar-refractivity contribution in [1.29, 1.82) is 0 Å². The molecule has 0 amide bonds. The van der Waals surface area contributed by atoms with Crippen LogP contribution in [0.2, 0.25) is 0 Å².